The van der Waals surface area contributed by atoms with Gasteiger partial charge in [0.05, 0.1) is 6.61 Å². The highest BCUT2D eigenvalue weighted by atomic mass is 16.5. The van der Waals surface area contributed by atoms with Crippen LogP contribution in [0, 0.1) is 20.8 Å². The van der Waals surface area contributed by atoms with Gasteiger partial charge in [-0.3, -0.25) is 0 Å². The van der Waals surface area contributed by atoms with Crippen molar-refractivity contribution in [3.8, 4) is 5.75 Å². The summed E-state index contributed by atoms with van der Waals surface area (Å²) in [4.78, 5) is 0. The van der Waals surface area contributed by atoms with Crippen LogP contribution in [-0.4, -0.2) is 6.61 Å². The molecule has 2 aromatic carbocycles. The van der Waals surface area contributed by atoms with E-state index in [0.29, 0.717) is 5.92 Å². The Bertz CT molecular complexity index is 638. The fourth-order valence-corrected chi connectivity index (χ4v) is 3.19. The predicted octanol–water partition coefficient (Wildman–Crippen LogP) is 4.70. The molecular weight excluding hydrogens is 244 g/mol. The summed E-state index contributed by atoms with van der Waals surface area (Å²) in [5, 5.41) is 0. The molecule has 0 saturated carbocycles. The van der Waals surface area contributed by atoms with Crippen LogP contribution in [0.1, 0.15) is 46.2 Å². The number of hydrogen-bond acceptors (Lipinski definition) is 1. The quantitative estimate of drug-likeness (QED) is 0.765. The molecule has 0 fully saturated rings. The zero-order valence-corrected chi connectivity index (χ0v) is 12.8. The molecule has 0 aromatic heterocycles. The van der Waals surface area contributed by atoms with Crippen LogP contribution in [-0.2, 0) is 6.42 Å². The predicted molar refractivity (Wildman–Crippen MR) is 83.8 cm³/mol. The van der Waals surface area contributed by atoms with Crippen molar-refractivity contribution in [1.82, 2.24) is 0 Å². The van der Waals surface area contributed by atoms with Gasteiger partial charge in [-0.05, 0) is 55.0 Å². The van der Waals surface area contributed by atoms with E-state index < -0.39 is 0 Å². The molecule has 0 N–H and O–H groups in total. The molecule has 1 unspecified atom stereocenters. The molecule has 0 aliphatic carbocycles. The summed E-state index contributed by atoms with van der Waals surface area (Å²) in [6, 6.07) is 11.3. The number of aryl methyl sites for hydroxylation is 3. The average Bonchev–Trinajstić information content (AvgIpc) is 2.90. The smallest absolute Gasteiger partial charge is 0.126 e. The van der Waals surface area contributed by atoms with E-state index in [4.69, 9.17) is 4.74 Å². The van der Waals surface area contributed by atoms with Gasteiger partial charge in [0.1, 0.15) is 5.75 Å². The van der Waals surface area contributed by atoms with Gasteiger partial charge in [0, 0.05) is 11.5 Å². The zero-order valence-electron chi connectivity index (χ0n) is 12.8. The van der Waals surface area contributed by atoms with Crippen LogP contribution in [0.4, 0.5) is 0 Å². The van der Waals surface area contributed by atoms with Crippen LogP contribution >= 0.6 is 0 Å². The minimum atomic E-state index is 0.384. The van der Waals surface area contributed by atoms with E-state index in [1.54, 1.807) is 0 Å². The molecule has 1 aliphatic rings. The molecule has 1 heteroatoms. The zero-order chi connectivity index (χ0) is 14.3. The van der Waals surface area contributed by atoms with E-state index >= 15 is 0 Å². The molecule has 0 spiro atoms. The van der Waals surface area contributed by atoms with Gasteiger partial charge in [-0.2, -0.15) is 0 Å². The first kappa shape index (κ1) is 13.2. The maximum Gasteiger partial charge on any atom is 0.126 e. The lowest BCUT2D eigenvalue weighted by molar-refractivity contribution is 0.341. The highest BCUT2D eigenvalue weighted by molar-refractivity contribution is 5.56. The Morgan fingerprint density at radius 3 is 2.40 bits per heavy atom. The lowest BCUT2D eigenvalue weighted by Crippen LogP contribution is -2.03. The normalized spacial score (nSPS) is 16.9. The van der Waals surface area contributed by atoms with E-state index in [2.05, 4.69) is 58.0 Å². The molecule has 0 saturated heterocycles. The summed E-state index contributed by atoms with van der Waals surface area (Å²) in [7, 11) is 0. The minimum absolute atomic E-state index is 0.384. The fourth-order valence-electron chi connectivity index (χ4n) is 3.19. The van der Waals surface area contributed by atoms with Gasteiger partial charge in [0.15, 0.2) is 0 Å². The second-order valence-electron chi connectivity index (χ2n) is 5.84. The molecule has 3 rings (SSSR count). The molecule has 0 radical (unpaired) electrons. The van der Waals surface area contributed by atoms with Crippen LogP contribution in [0.3, 0.4) is 0 Å². The monoisotopic (exact) mass is 266 g/mol. The first-order chi connectivity index (χ1) is 9.61. The molecule has 1 nitrogen and oxygen atoms in total. The van der Waals surface area contributed by atoms with Crippen molar-refractivity contribution in [2.45, 2.75) is 40.0 Å². The van der Waals surface area contributed by atoms with E-state index in [0.717, 1.165) is 18.8 Å². The maximum atomic E-state index is 6.01. The summed E-state index contributed by atoms with van der Waals surface area (Å²) in [5.74, 6) is 1.50. The van der Waals surface area contributed by atoms with Crippen molar-refractivity contribution in [3.63, 3.8) is 0 Å². The standard InChI is InChI=1S/C19H22O/c1-5-15-6-8-16(9-7-15)17-11-20-19-14(4)12(2)10-13(3)18(17)19/h6-10,17H,5,11H2,1-4H3. The maximum absolute atomic E-state index is 6.01. The van der Waals surface area contributed by atoms with Gasteiger partial charge >= 0.3 is 0 Å². The SMILES string of the molecule is CCc1ccc(C2COc3c(C)c(C)cc(C)c32)cc1. The van der Waals surface area contributed by atoms with Crippen LogP contribution in [0.15, 0.2) is 30.3 Å². The third-order valence-corrected chi connectivity index (χ3v) is 4.57. The van der Waals surface area contributed by atoms with E-state index in [1.165, 1.54) is 33.4 Å². The Kier molecular flexibility index (Phi) is 3.29. The minimum Gasteiger partial charge on any atom is -0.492 e. The Labute approximate surface area is 121 Å². The van der Waals surface area contributed by atoms with Crippen molar-refractivity contribution in [2.75, 3.05) is 6.61 Å². The first-order valence-corrected chi connectivity index (χ1v) is 7.44. The molecule has 2 aromatic rings. The van der Waals surface area contributed by atoms with Crippen LogP contribution in [0.25, 0.3) is 0 Å². The molecule has 104 valence electrons. The van der Waals surface area contributed by atoms with Crippen molar-refractivity contribution in [1.29, 1.82) is 0 Å². The lowest BCUT2D eigenvalue weighted by atomic mass is 9.87. The van der Waals surface area contributed by atoms with Gasteiger partial charge in [0.2, 0.25) is 0 Å². The largest absolute Gasteiger partial charge is 0.492 e. The summed E-state index contributed by atoms with van der Waals surface area (Å²) in [6.07, 6.45) is 1.09. The summed E-state index contributed by atoms with van der Waals surface area (Å²) < 4.78 is 6.01. The van der Waals surface area contributed by atoms with E-state index in [9.17, 15) is 0 Å². The van der Waals surface area contributed by atoms with Crippen LogP contribution in [0.2, 0.25) is 0 Å². The van der Waals surface area contributed by atoms with Crippen molar-refractivity contribution < 1.29 is 4.74 Å². The number of fused-ring (bicyclic) bond motifs is 1. The van der Waals surface area contributed by atoms with Crippen LogP contribution in [0.5, 0.6) is 5.75 Å². The molecule has 0 amide bonds. The number of hydrogen-bond donors (Lipinski definition) is 0. The molecule has 1 atom stereocenters. The Balaban J connectivity index is 2.06. The highest BCUT2D eigenvalue weighted by Crippen LogP contribution is 2.43. The van der Waals surface area contributed by atoms with E-state index in [1.807, 2.05) is 0 Å². The third kappa shape index (κ3) is 2.02. The third-order valence-electron chi connectivity index (χ3n) is 4.57. The van der Waals surface area contributed by atoms with Gasteiger partial charge < -0.3 is 4.74 Å². The molecule has 20 heavy (non-hydrogen) atoms. The second kappa shape index (κ2) is 4.97. The fraction of sp³-hybridized carbons (Fsp3) is 0.368. The summed E-state index contributed by atoms with van der Waals surface area (Å²) in [6.45, 7) is 9.49. The second-order valence-corrected chi connectivity index (χ2v) is 5.84. The summed E-state index contributed by atoms with van der Waals surface area (Å²) >= 11 is 0. The average molecular weight is 266 g/mol. The topological polar surface area (TPSA) is 9.23 Å². The molecule has 1 aliphatic heterocycles. The van der Waals surface area contributed by atoms with Crippen molar-refractivity contribution >= 4 is 0 Å². The first-order valence-electron chi connectivity index (χ1n) is 7.44. The van der Waals surface area contributed by atoms with Crippen LogP contribution < -0.4 is 4.74 Å². The summed E-state index contributed by atoms with van der Waals surface area (Å²) in [5.41, 5.74) is 8.11. The molecule has 0 bridgehead atoms. The molecule has 1 heterocycles. The molecular formula is C19H22O. The van der Waals surface area contributed by atoms with Gasteiger partial charge in [0.25, 0.3) is 0 Å². The Hall–Kier alpha value is -1.76. The number of ether oxygens (including phenoxy) is 1. The van der Waals surface area contributed by atoms with Crippen molar-refractivity contribution in [2.24, 2.45) is 0 Å². The van der Waals surface area contributed by atoms with Gasteiger partial charge in [-0.25, -0.2) is 0 Å². The lowest BCUT2D eigenvalue weighted by Gasteiger charge is -2.14. The Morgan fingerprint density at radius 2 is 1.75 bits per heavy atom. The number of benzene rings is 2. The van der Waals surface area contributed by atoms with Gasteiger partial charge in [-0.1, -0.05) is 37.3 Å². The van der Waals surface area contributed by atoms with Gasteiger partial charge in [-0.15, -0.1) is 0 Å². The van der Waals surface area contributed by atoms with Crippen molar-refractivity contribution in [3.05, 3.63) is 63.7 Å². The van der Waals surface area contributed by atoms with E-state index in [-0.39, 0.29) is 0 Å². The number of rotatable bonds is 2. The Morgan fingerprint density at radius 1 is 1.05 bits per heavy atom. The highest BCUT2D eigenvalue weighted by Gasteiger charge is 2.29.